The number of halogens is 1. The molecule has 3 nitrogen and oxygen atoms in total. The van der Waals surface area contributed by atoms with Crippen molar-refractivity contribution in [3.63, 3.8) is 0 Å². The molecule has 0 bridgehead atoms. The fraction of sp³-hybridized carbons (Fsp3) is 0.571. The zero-order valence-corrected chi connectivity index (χ0v) is 7.60. The van der Waals surface area contributed by atoms with Gasteiger partial charge < -0.3 is 9.72 Å². The van der Waals surface area contributed by atoms with Crippen molar-refractivity contribution in [3.8, 4) is 0 Å². The molecular weight excluding hydrogens is 208 g/mol. The Hall–Kier alpha value is -0.350. The molecule has 0 spiro atoms. The van der Waals surface area contributed by atoms with Crippen LogP contribution in [0.4, 0.5) is 0 Å². The molecule has 1 atom stereocenters. The van der Waals surface area contributed by atoms with Gasteiger partial charge in [0.1, 0.15) is 16.5 Å². The molecule has 1 aliphatic heterocycles. The minimum Gasteiger partial charge on any atom is -0.370 e. The highest BCUT2D eigenvalue weighted by molar-refractivity contribution is 9.10. The molecule has 0 saturated carbocycles. The van der Waals surface area contributed by atoms with Gasteiger partial charge in [-0.3, -0.25) is 0 Å². The lowest BCUT2D eigenvalue weighted by molar-refractivity contribution is 0.105. The molecule has 0 aliphatic carbocycles. The van der Waals surface area contributed by atoms with E-state index in [1.165, 1.54) is 0 Å². The van der Waals surface area contributed by atoms with Crippen LogP contribution >= 0.6 is 15.9 Å². The highest BCUT2D eigenvalue weighted by Gasteiger charge is 2.19. The third kappa shape index (κ3) is 1.46. The quantitative estimate of drug-likeness (QED) is 0.781. The molecule has 0 amide bonds. The molecule has 0 aromatic carbocycles. The second-order valence-electron chi connectivity index (χ2n) is 2.62. The van der Waals surface area contributed by atoms with Crippen LogP contribution in [0.25, 0.3) is 0 Å². The van der Waals surface area contributed by atoms with Crippen LogP contribution in [0.15, 0.2) is 10.8 Å². The summed E-state index contributed by atoms with van der Waals surface area (Å²) in [5, 5.41) is 0. The maximum Gasteiger partial charge on any atom is 0.136 e. The molecule has 1 saturated heterocycles. The van der Waals surface area contributed by atoms with Crippen LogP contribution < -0.4 is 0 Å². The highest BCUT2D eigenvalue weighted by atomic mass is 79.9. The van der Waals surface area contributed by atoms with Gasteiger partial charge in [0.05, 0.1) is 6.20 Å². The van der Waals surface area contributed by atoms with Gasteiger partial charge in [-0.1, -0.05) is 0 Å². The summed E-state index contributed by atoms with van der Waals surface area (Å²) < 4.78 is 6.36. The Labute approximate surface area is 73.3 Å². The number of imidazole rings is 1. The van der Waals surface area contributed by atoms with Gasteiger partial charge in [0.25, 0.3) is 0 Å². The number of nitrogens with one attached hydrogen (secondary N) is 1. The minimum absolute atomic E-state index is 0.196. The Morgan fingerprint density at radius 2 is 2.64 bits per heavy atom. The monoisotopic (exact) mass is 216 g/mol. The molecule has 4 heteroatoms. The van der Waals surface area contributed by atoms with E-state index in [9.17, 15) is 0 Å². The van der Waals surface area contributed by atoms with Crippen molar-refractivity contribution >= 4 is 15.9 Å². The first kappa shape index (κ1) is 7.31. The lowest BCUT2D eigenvalue weighted by Crippen LogP contribution is -1.97. The van der Waals surface area contributed by atoms with Crippen LogP contribution in [-0.2, 0) is 4.74 Å². The first-order valence-corrected chi connectivity index (χ1v) is 4.47. The molecule has 1 N–H and O–H groups in total. The van der Waals surface area contributed by atoms with E-state index in [0.717, 1.165) is 29.9 Å². The topological polar surface area (TPSA) is 37.9 Å². The van der Waals surface area contributed by atoms with Gasteiger partial charge in [0.15, 0.2) is 0 Å². The number of aromatic nitrogens is 2. The molecule has 11 heavy (non-hydrogen) atoms. The predicted molar refractivity (Wildman–Crippen MR) is 44.2 cm³/mol. The SMILES string of the molecule is Brc1cnc(C2CCCO2)[nH]1. The lowest BCUT2D eigenvalue weighted by atomic mass is 10.2. The third-order valence-corrected chi connectivity index (χ3v) is 2.20. The highest BCUT2D eigenvalue weighted by Crippen LogP contribution is 2.26. The summed E-state index contributed by atoms with van der Waals surface area (Å²) in [5.74, 6) is 0.939. The minimum atomic E-state index is 0.196. The van der Waals surface area contributed by atoms with Gasteiger partial charge >= 0.3 is 0 Å². The molecule has 2 rings (SSSR count). The van der Waals surface area contributed by atoms with Crippen LogP contribution in [0.5, 0.6) is 0 Å². The Kier molecular flexibility index (Phi) is 1.96. The Balaban J connectivity index is 2.15. The first-order chi connectivity index (χ1) is 5.36. The molecule has 60 valence electrons. The van der Waals surface area contributed by atoms with Crippen molar-refractivity contribution in [1.82, 2.24) is 9.97 Å². The van der Waals surface area contributed by atoms with Crippen molar-refractivity contribution in [2.45, 2.75) is 18.9 Å². The second-order valence-corrected chi connectivity index (χ2v) is 3.47. The summed E-state index contributed by atoms with van der Waals surface area (Å²) >= 11 is 3.31. The van der Waals surface area contributed by atoms with E-state index in [-0.39, 0.29) is 6.10 Å². The number of aromatic amines is 1. The van der Waals surface area contributed by atoms with E-state index in [0.29, 0.717) is 0 Å². The number of hydrogen-bond donors (Lipinski definition) is 1. The van der Waals surface area contributed by atoms with E-state index < -0.39 is 0 Å². The molecule has 1 unspecified atom stereocenters. The fourth-order valence-corrected chi connectivity index (χ4v) is 1.58. The van der Waals surface area contributed by atoms with Crippen molar-refractivity contribution in [2.75, 3.05) is 6.61 Å². The van der Waals surface area contributed by atoms with Gasteiger partial charge in [-0.2, -0.15) is 0 Å². The van der Waals surface area contributed by atoms with Gasteiger partial charge in [-0.15, -0.1) is 0 Å². The van der Waals surface area contributed by atoms with Crippen LogP contribution in [0.2, 0.25) is 0 Å². The molecule has 0 radical (unpaired) electrons. The standard InChI is InChI=1S/C7H9BrN2O/c8-6-4-9-7(10-6)5-2-1-3-11-5/h4-5H,1-3H2,(H,9,10). The summed E-state index contributed by atoms with van der Waals surface area (Å²) in [6.07, 6.45) is 4.18. The normalized spacial score (nSPS) is 24.3. The number of ether oxygens (including phenoxy) is 1. The van der Waals surface area contributed by atoms with Crippen molar-refractivity contribution in [1.29, 1.82) is 0 Å². The zero-order valence-electron chi connectivity index (χ0n) is 6.01. The van der Waals surface area contributed by atoms with E-state index >= 15 is 0 Å². The second kappa shape index (κ2) is 2.95. The van der Waals surface area contributed by atoms with E-state index in [2.05, 4.69) is 25.9 Å². The van der Waals surface area contributed by atoms with E-state index in [4.69, 9.17) is 4.74 Å². The Morgan fingerprint density at radius 3 is 3.18 bits per heavy atom. The predicted octanol–water partition coefficient (Wildman–Crippen LogP) is 2.02. The number of rotatable bonds is 1. The largest absolute Gasteiger partial charge is 0.370 e. The van der Waals surface area contributed by atoms with Crippen molar-refractivity contribution < 1.29 is 4.74 Å². The molecule has 1 aliphatic rings. The van der Waals surface area contributed by atoms with Crippen LogP contribution in [0.3, 0.4) is 0 Å². The van der Waals surface area contributed by atoms with Gasteiger partial charge in [-0.05, 0) is 28.8 Å². The summed E-state index contributed by atoms with van der Waals surface area (Å²) in [6, 6.07) is 0. The van der Waals surface area contributed by atoms with Crippen molar-refractivity contribution in [2.24, 2.45) is 0 Å². The maximum atomic E-state index is 5.44. The number of nitrogens with zero attached hydrogens (tertiary/aromatic N) is 1. The Bertz CT molecular complexity index is 242. The first-order valence-electron chi connectivity index (χ1n) is 3.68. The molecule has 1 fully saturated rings. The van der Waals surface area contributed by atoms with Crippen LogP contribution in [0, 0.1) is 0 Å². The number of H-pyrrole nitrogens is 1. The summed E-state index contributed by atoms with van der Waals surface area (Å²) in [6.45, 7) is 0.864. The average molecular weight is 217 g/mol. The lowest BCUT2D eigenvalue weighted by Gasteiger charge is -2.03. The fourth-order valence-electron chi connectivity index (χ4n) is 1.27. The average Bonchev–Trinajstić information content (AvgIpc) is 2.55. The van der Waals surface area contributed by atoms with Gasteiger partial charge in [-0.25, -0.2) is 4.98 Å². The summed E-state index contributed by atoms with van der Waals surface area (Å²) in [4.78, 5) is 7.27. The number of hydrogen-bond acceptors (Lipinski definition) is 2. The molecular formula is C7H9BrN2O. The maximum absolute atomic E-state index is 5.44. The molecule has 2 heterocycles. The Morgan fingerprint density at radius 1 is 1.73 bits per heavy atom. The smallest absolute Gasteiger partial charge is 0.136 e. The molecule has 1 aromatic heterocycles. The van der Waals surface area contributed by atoms with E-state index in [1.807, 2.05) is 0 Å². The zero-order chi connectivity index (χ0) is 7.68. The van der Waals surface area contributed by atoms with Gasteiger partial charge in [0, 0.05) is 6.61 Å². The summed E-state index contributed by atoms with van der Waals surface area (Å²) in [7, 11) is 0. The van der Waals surface area contributed by atoms with Gasteiger partial charge in [0.2, 0.25) is 0 Å². The van der Waals surface area contributed by atoms with Crippen LogP contribution in [0.1, 0.15) is 24.8 Å². The van der Waals surface area contributed by atoms with Crippen LogP contribution in [-0.4, -0.2) is 16.6 Å². The third-order valence-electron chi connectivity index (χ3n) is 1.80. The summed E-state index contributed by atoms with van der Waals surface area (Å²) in [5.41, 5.74) is 0. The molecule has 1 aromatic rings. The van der Waals surface area contributed by atoms with E-state index in [1.54, 1.807) is 6.20 Å². The van der Waals surface area contributed by atoms with Crippen molar-refractivity contribution in [3.05, 3.63) is 16.6 Å².